The van der Waals surface area contributed by atoms with Crippen molar-refractivity contribution in [2.75, 3.05) is 0 Å². The highest BCUT2D eigenvalue weighted by atomic mass is 32.1. The number of carbonyl (C=O) groups is 1. The van der Waals surface area contributed by atoms with E-state index in [-0.39, 0.29) is 16.6 Å². The lowest BCUT2D eigenvalue weighted by atomic mass is 9.89. The molecular formula is C13H21NOS2. The fourth-order valence-corrected chi connectivity index (χ4v) is 2.73. The summed E-state index contributed by atoms with van der Waals surface area (Å²) in [7, 11) is 0. The van der Waals surface area contributed by atoms with Crippen molar-refractivity contribution in [2.45, 2.75) is 53.5 Å². The molecule has 0 atom stereocenters. The molecule has 0 saturated carbocycles. The van der Waals surface area contributed by atoms with E-state index in [9.17, 15) is 4.79 Å². The fourth-order valence-electron chi connectivity index (χ4n) is 1.44. The highest BCUT2D eigenvalue weighted by Crippen LogP contribution is 2.27. The van der Waals surface area contributed by atoms with E-state index in [2.05, 4.69) is 26.2 Å². The summed E-state index contributed by atoms with van der Waals surface area (Å²) in [4.78, 5) is 12.1. The van der Waals surface area contributed by atoms with Gasteiger partial charge in [-0.3, -0.25) is 4.79 Å². The zero-order valence-corrected chi connectivity index (χ0v) is 13.1. The maximum Gasteiger partial charge on any atom is 0.161 e. The monoisotopic (exact) mass is 271 g/mol. The van der Waals surface area contributed by atoms with Crippen molar-refractivity contribution >= 4 is 29.3 Å². The summed E-state index contributed by atoms with van der Waals surface area (Å²) in [5, 5.41) is 2.07. The molecule has 0 saturated heterocycles. The molecule has 0 aliphatic heterocycles. The number of carbonyl (C=O) groups excluding carboxylic acids is 1. The van der Waals surface area contributed by atoms with Crippen molar-refractivity contribution in [3.8, 4) is 0 Å². The van der Waals surface area contributed by atoms with Crippen molar-refractivity contribution in [3.05, 3.63) is 15.0 Å². The first-order chi connectivity index (χ1) is 7.53. The van der Waals surface area contributed by atoms with Gasteiger partial charge in [0.25, 0.3) is 0 Å². The predicted molar refractivity (Wildman–Crippen MR) is 76.3 cm³/mol. The van der Waals surface area contributed by atoms with Gasteiger partial charge in [-0.2, -0.15) is 0 Å². The largest absolute Gasteiger partial charge is 0.319 e. The maximum atomic E-state index is 12.1. The summed E-state index contributed by atoms with van der Waals surface area (Å²) < 4.78 is 2.76. The van der Waals surface area contributed by atoms with Crippen molar-refractivity contribution in [3.63, 3.8) is 0 Å². The van der Waals surface area contributed by atoms with Gasteiger partial charge in [0.2, 0.25) is 0 Å². The number of ketones is 1. The van der Waals surface area contributed by atoms with E-state index < -0.39 is 0 Å². The van der Waals surface area contributed by atoms with Gasteiger partial charge < -0.3 is 4.57 Å². The minimum Gasteiger partial charge on any atom is -0.319 e. The van der Waals surface area contributed by atoms with Crippen LogP contribution >= 0.6 is 23.6 Å². The summed E-state index contributed by atoms with van der Waals surface area (Å²) in [5.41, 5.74) is 0.850. The molecular weight excluding hydrogens is 250 g/mol. The number of rotatable bonds is 2. The number of hydrogen-bond acceptors (Lipinski definition) is 3. The van der Waals surface area contributed by atoms with Gasteiger partial charge in [0, 0.05) is 21.9 Å². The van der Waals surface area contributed by atoms with E-state index in [4.69, 9.17) is 12.2 Å². The molecule has 0 bridgehead atoms. The van der Waals surface area contributed by atoms with Crippen LogP contribution in [0.2, 0.25) is 0 Å². The third-order valence-corrected chi connectivity index (χ3v) is 3.96. The van der Waals surface area contributed by atoms with Gasteiger partial charge in [-0.05, 0) is 12.2 Å². The minimum atomic E-state index is -0.314. The number of thiazole rings is 1. The molecule has 1 aromatic heterocycles. The van der Waals surface area contributed by atoms with E-state index in [1.807, 2.05) is 25.3 Å². The van der Waals surface area contributed by atoms with Gasteiger partial charge in [0.15, 0.2) is 9.74 Å². The Hall–Kier alpha value is -0.480. The quantitative estimate of drug-likeness (QED) is 0.752. The van der Waals surface area contributed by atoms with Crippen LogP contribution in [0.4, 0.5) is 0 Å². The Bertz CT molecular complexity index is 469. The van der Waals surface area contributed by atoms with Gasteiger partial charge in [0.05, 0.1) is 6.54 Å². The maximum absolute atomic E-state index is 12.1. The molecule has 0 aliphatic rings. The van der Waals surface area contributed by atoms with Crippen molar-refractivity contribution in [1.82, 2.24) is 4.57 Å². The molecule has 0 N–H and O–H groups in total. The van der Waals surface area contributed by atoms with Crippen molar-refractivity contribution < 1.29 is 4.79 Å². The Morgan fingerprint density at radius 1 is 1.29 bits per heavy atom. The van der Waals surface area contributed by atoms with Crippen LogP contribution in [0.5, 0.6) is 0 Å². The number of nitrogens with zero attached hydrogens (tertiary/aromatic N) is 1. The van der Waals surface area contributed by atoms with E-state index in [0.29, 0.717) is 6.54 Å². The second kappa shape index (κ2) is 4.65. The Balaban J connectivity index is 3.12. The first-order valence-electron chi connectivity index (χ1n) is 5.75. The zero-order chi connectivity index (χ0) is 13.4. The molecule has 1 heterocycles. The van der Waals surface area contributed by atoms with Crippen LogP contribution in [-0.4, -0.2) is 10.4 Å². The molecule has 0 amide bonds. The van der Waals surface area contributed by atoms with Crippen molar-refractivity contribution in [1.29, 1.82) is 0 Å². The molecule has 4 heteroatoms. The number of hydrogen-bond donors (Lipinski definition) is 0. The average molecular weight is 271 g/mol. The van der Waals surface area contributed by atoms with E-state index in [1.54, 1.807) is 0 Å². The summed E-state index contributed by atoms with van der Waals surface area (Å²) in [6, 6.07) is 0. The topological polar surface area (TPSA) is 22.0 Å². The highest BCUT2D eigenvalue weighted by Gasteiger charge is 2.25. The second-order valence-corrected chi connectivity index (χ2v) is 7.90. The molecule has 0 radical (unpaired) electrons. The van der Waals surface area contributed by atoms with Gasteiger partial charge in [-0.15, -0.1) is 11.3 Å². The fraction of sp³-hybridized carbons (Fsp3) is 0.692. The molecule has 0 unspecified atom stereocenters. The third kappa shape index (κ3) is 3.49. The SMILES string of the molecule is CC(C)(C)C(=O)Cn1c(C(C)(C)C)csc1=S. The Morgan fingerprint density at radius 3 is 2.24 bits per heavy atom. The summed E-state index contributed by atoms with van der Waals surface area (Å²) >= 11 is 6.85. The summed E-state index contributed by atoms with van der Waals surface area (Å²) in [6.07, 6.45) is 0. The van der Waals surface area contributed by atoms with Gasteiger partial charge in [-0.1, -0.05) is 41.5 Å². The average Bonchev–Trinajstić information content (AvgIpc) is 2.45. The summed E-state index contributed by atoms with van der Waals surface area (Å²) in [6.45, 7) is 12.6. The van der Waals surface area contributed by atoms with Gasteiger partial charge >= 0.3 is 0 Å². The molecule has 0 aromatic carbocycles. The normalized spacial score (nSPS) is 12.8. The molecule has 0 spiro atoms. The van der Waals surface area contributed by atoms with E-state index in [1.165, 1.54) is 11.3 Å². The number of Topliss-reactive ketones (excluding diaryl/α,β-unsaturated/α-hetero) is 1. The lowest BCUT2D eigenvalue weighted by Crippen LogP contribution is -2.28. The van der Waals surface area contributed by atoms with Crippen LogP contribution in [0.1, 0.15) is 47.2 Å². The second-order valence-electron chi connectivity index (χ2n) is 6.40. The number of aromatic nitrogens is 1. The van der Waals surface area contributed by atoms with Crippen LogP contribution in [0.25, 0.3) is 0 Å². The minimum absolute atomic E-state index is 0.0196. The third-order valence-electron chi connectivity index (χ3n) is 2.69. The Kier molecular flexibility index (Phi) is 3.99. The molecule has 0 fully saturated rings. The van der Waals surface area contributed by atoms with Crippen LogP contribution in [0.15, 0.2) is 5.38 Å². The molecule has 96 valence electrons. The predicted octanol–water partition coefficient (Wildman–Crippen LogP) is 4.19. The summed E-state index contributed by atoms with van der Waals surface area (Å²) in [5.74, 6) is 0.220. The lowest BCUT2D eigenvalue weighted by Gasteiger charge is -2.23. The van der Waals surface area contributed by atoms with Crippen LogP contribution < -0.4 is 0 Å². The highest BCUT2D eigenvalue weighted by molar-refractivity contribution is 7.73. The first kappa shape index (κ1) is 14.6. The van der Waals surface area contributed by atoms with Crippen LogP contribution in [0, 0.1) is 9.37 Å². The first-order valence-corrected chi connectivity index (χ1v) is 7.04. The van der Waals surface area contributed by atoms with Crippen LogP contribution in [-0.2, 0) is 16.8 Å². The Labute approximate surface area is 113 Å². The standard InChI is InChI=1S/C13H21NOS2/c1-12(2,3)9-8-17-11(16)14(9)7-10(15)13(4,5)6/h8H,7H2,1-6H3. The van der Waals surface area contributed by atoms with Crippen molar-refractivity contribution in [2.24, 2.45) is 5.41 Å². The van der Waals surface area contributed by atoms with E-state index >= 15 is 0 Å². The molecule has 2 nitrogen and oxygen atoms in total. The molecule has 17 heavy (non-hydrogen) atoms. The smallest absolute Gasteiger partial charge is 0.161 e. The molecule has 0 aliphatic carbocycles. The zero-order valence-electron chi connectivity index (χ0n) is 11.5. The van der Waals surface area contributed by atoms with Gasteiger partial charge in [-0.25, -0.2) is 0 Å². The Morgan fingerprint density at radius 2 is 1.82 bits per heavy atom. The van der Waals surface area contributed by atoms with E-state index in [0.717, 1.165) is 9.65 Å². The van der Waals surface area contributed by atoms with Crippen LogP contribution in [0.3, 0.4) is 0 Å². The molecule has 1 aromatic rings. The van der Waals surface area contributed by atoms with Gasteiger partial charge in [0.1, 0.15) is 0 Å². The molecule has 1 rings (SSSR count). The lowest BCUT2D eigenvalue weighted by molar-refractivity contribution is -0.126.